The number of rotatable bonds is 2. The van der Waals surface area contributed by atoms with Crippen LogP contribution in [0.5, 0.6) is 5.88 Å². The molecule has 0 radical (unpaired) electrons. The van der Waals surface area contributed by atoms with Gasteiger partial charge in [0.15, 0.2) is 0 Å². The minimum absolute atomic E-state index is 0.119. The fourth-order valence-electron chi connectivity index (χ4n) is 2.84. The highest BCUT2D eigenvalue weighted by Crippen LogP contribution is 2.33. The Hall–Kier alpha value is -3.29. The number of nitrogens with zero attached hydrogens (tertiary/aromatic N) is 2. The molecule has 25 heavy (non-hydrogen) atoms. The van der Waals surface area contributed by atoms with E-state index in [2.05, 4.69) is 9.97 Å². The van der Waals surface area contributed by atoms with E-state index in [1.54, 1.807) is 6.07 Å². The molecule has 0 aliphatic carbocycles. The number of hydrogen-bond acceptors (Lipinski definition) is 3. The molecule has 0 amide bonds. The number of aromatic nitrogens is 2. The van der Waals surface area contributed by atoms with Gasteiger partial charge >= 0.3 is 0 Å². The summed E-state index contributed by atoms with van der Waals surface area (Å²) in [5.41, 5.74) is 4.70. The minimum Gasteiger partial charge on any atom is -0.494 e. The lowest BCUT2D eigenvalue weighted by atomic mass is 10.0. The number of fused-ring (bicyclic) bond motifs is 1. The van der Waals surface area contributed by atoms with E-state index in [0.29, 0.717) is 21.7 Å². The van der Waals surface area contributed by atoms with Gasteiger partial charge < -0.3 is 10.1 Å². The number of nitrogens with one attached hydrogen (secondary N) is 1. The Morgan fingerprint density at radius 2 is 1.60 bits per heavy atom. The van der Waals surface area contributed by atoms with Gasteiger partial charge in [-0.15, -0.1) is 0 Å². The molecule has 0 bridgehead atoms. The van der Waals surface area contributed by atoms with E-state index < -0.39 is 0 Å². The zero-order valence-corrected chi connectivity index (χ0v) is 13.7. The molecule has 0 fully saturated rings. The number of hydrogen-bond donors (Lipinski definition) is 2. The van der Waals surface area contributed by atoms with Crippen molar-refractivity contribution in [3.8, 4) is 34.3 Å². The lowest BCUT2D eigenvalue weighted by molar-refractivity contribution is 0.457. The van der Waals surface area contributed by atoms with Crippen LogP contribution in [0, 0.1) is 11.3 Å². The fourth-order valence-corrected chi connectivity index (χ4v) is 3.10. The molecule has 120 valence electrons. The van der Waals surface area contributed by atoms with Gasteiger partial charge in [-0.3, -0.25) is 0 Å². The molecule has 4 aromatic rings. The smallest absolute Gasteiger partial charge is 0.209 e. The zero-order chi connectivity index (χ0) is 17.4. The van der Waals surface area contributed by atoms with E-state index in [9.17, 15) is 10.4 Å². The summed E-state index contributed by atoms with van der Waals surface area (Å²) in [6.45, 7) is 0. The van der Waals surface area contributed by atoms with Crippen LogP contribution in [0.4, 0.5) is 0 Å². The number of aromatic amines is 1. The van der Waals surface area contributed by atoms with E-state index in [4.69, 9.17) is 11.6 Å². The maximum absolute atomic E-state index is 9.79. The van der Waals surface area contributed by atoms with Gasteiger partial charge in [0, 0.05) is 5.56 Å². The molecule has 2 N–H and O–H groups in total. The SMILES string of the molecule is N#Cc1c(O)[nH]c2cc(Cl)c(-c3ccc(-c4ccccc4)cc3)nc12. The van der Waals surface area contributed by atoms with Crippen LogP contribution in [-0.2, 0) is 0 Å². The maximum atomic E-state index is 9.79. The molecule has 0 saturated heterocycles. The first-order valence-electron chi connectivity index (χ1n) is 7.64. The van der Waals surface area contributed by atoms with Gasteiger partial charge in [-0.05, 0) is 17.2 Å². The van der Waals surface area contributed by atoms with Crippen LogP contribution in [0.1, 0.15) is 5.56 Å². The Bertz CT molecular complexity index is 1110. The Morgan fingerprint density at radius 1 is 0.960 bits per heavy atom. The summed E-state index contributed by atoms with van der Waals surface area (Å²) >= 11 is 6.35. The van der Waals surface area contributed by atoms with Crippen LogP contribution in [0.3, 0.4) is 0 Å². The van der Waals surface area contributed by atoms with Crippen molar-refractivity contribution in [2.75, 3.05) is 0 Å². The van der Waals surface area contributed by atoms with E-state index in [-0.39, 0.29) is 11.4 Å². The van der Waals surface area contributed by atoms with Gasteiger partial charge in [0.25, 0.3) is 0 Å². The predicted molar refractivity (Wildman–Crippen MR) is 98.4 cm³/mol. The van der Waals surface area contributed by atoms with Gasteiger partial charge in [-0.25, -0.2) is 4.98 Å². The van der Waals surface area contributed by atoms with E-state index in [0.717, 1.165) is 16.7 Å². The lowest BCUT2D eigenvalue weighted by Crippen LogP contribution is -1.88. The molecule has 0 aliphatic heterocycles. The lowest BCUT2D eigenvalue weighted by Gasteiger charge is -2.06. The first-order chi connectivity index (χ1) is 12.2. The Morgan fingerprint density at radius 3 is 2.28 bits per heavy atom. The molecular formula is C20H12ClN3O. The number of pyridine rings is 1. The van der Waals surface area contributed by atoms with E-state index in [1.807, 2.05) is 60.7 Å². The molecule has 0 atom stereocenters. The van der Waals surface area contributed by atoms with Crippen molar-refractivity contribution in [1.29, 1.82) is 5.26 Å². The highest BCUT2D eigenvalue weighted by molar-refractivity contribution is 6.33. The third kappa shape index (κ3) is 2.61. The fraction of sp³-hybridized carbons (Fsp3) is 0. The molecule has 4 rings (SSSR count). The van der Waals surface area contributed by atoms with Crippen LogP contribution < -0.4 is 0 Å². The summed E-state index contributed by atoms with van der Waals surface area (Å²) in [5.74, 6) is -0.197. The summed E-state index contributed by atoms with van der Waals surface area (Å²) in [5, 5.41) is 19.4. The molecule has 0 saturated carbocycles. The molecule has 2 aromatic carbocycles. The predicted octanol–water partition coefficient (Wildman–Crippen LogP) is 5.13. The van der Waals surface area contributed by atoms with E-state index >= 15 is 0 Å². The van der Waals surface area contributed by atoms with Gasteiger partial charge in [-0.2, -0.15) is 5.26 Å². The molecular weight excluding hydrogens is 334 g/mol. The number of aromatic hydroxyl groups is 1. The molecule has 4 nitrogen and oxygen atoms in total. The number of H-pyrrole nitrogens is 1. The Labute approximate surface area is 149 Å². The van der Waals surface area contributed by atoms with Crippen molar-refractivity contribution in [2.45, 2.75) is 0 Å². The average molecular weight is 346 g/mol. The first kappa shape index (κ1) is 15.3. The van der Waals surface area contributed by atoms with E-state index in [1.165, 1.54) is 0 Å². The second-order valence-electron chi connectivity index (χ2n) is 5.62. The summed E-state index contributed by atoms with van der Waals surface area (Å²) in [6.07, 6.45) is 0. The quantitative estimate of drug-likeness (QED) is 0.529. The number of nitriles is 1. The standard InChI is InChI=1S/C20H12ClN3O/c21-16-10-17-19(15(11-22)20(25)23-17)24-18(16)14-8-6-13(7-9-14)12-4-2-1-3-5-12/h1-10,23,25H. The largest absolute Gasteiger partial charge is 0.494 e. The molecule has 2 heterocycles. The van der Waals surface area contributed by atoms with Gasteiger partial charge in [0.1, 0.15) is 17.1 Å². The first-order valence-corrected chi connectivity index (χ1v) is 8.02. The molecule has 2 aromatic heterocycles. The van der Waals surface area contributed by atoms with Crippen molar-refractivity contribution in [3.05, 3.63) is 71.2 Å². The average Bonchev–Trinajstić information content (AvgIpc) is 2.95. The highest BCUT2D eigenvalue weighted by atomic mass is 35.5. The monoisotopic (exact) mass is 345 g/mol. The second-order valence-corrected chi connectivity index (χ2v) is 6.03. The highest BCUT2D eigenvalue weighted by Gasteiger charge is 2.15. The van der Waals surface area contributed by atoms with Crippen LogP contribution >= 0.6 is 11.6 Å². The minimum atomic E-state index is -0.197. The Kier molecular flexibility index (Phi) is 3.64. The van der Waals surface area contributed by atoms with Gasteiger partial charge in [0.2, 0.25) is 5.88 Å². The van der Waals surface area contributed by atoms with Gasteiger partial charge in [0.05, 0.1) is 16.2 Å². The zero-order valence-electron chi connectivity index (χ0n) is 13.0. The summed E-state index contributed by atoms with van der Waals surface area (Å²) in [4.78, 5) is 7.21. The van der Waals surface area contributed by atoms with Crippen LogP contribution in [0.2, 0.25) is 5.02 Å². The number of halogens is 1. The summed E-state index contributed by atoms with van der Waals surface area (Å²) in [7, 11) is 0. The third-order valence-electron chi connectivity index (χ3n) is 4.08. The van der Waals surface area contributed by atoms with Crippen molar-refractivity contribution in [1.82, 2.24) is 9.97 Å². The Balaban J connectivity index is 1.82. The normalized spacial score (nSPS) is 10.7. The summed E-state index contributed by atoms with van der Waals surface area (Å²) in [6, 6.07) is 21.6. The van der Waals surface area contributed by atoms with Crippen LogP contribution in [-0.4, -0.2) is 15.1 Å². The van der Waals surface area contributed by atoms with Crippen LogP contribution in [0.15, 0.2) is 60.7 Å². The van der Waals surface area contributed by atoms with Crippen LogP contribution in [0.25, 0.3) is 33.4 Å². The molecule has 5 heteroatoms. The second kappa shape index (κ2) is 5.97. The topological polar surface area (TPSA) is 72.7 Å². The summed E-state index contributed by atoms with van der Waals surface area (Å²) < 4.78 is 0. The molecule has 0 aliphatic rings. The van der Waals surface area contributed by atoms with Crippen molar-refractivity contribution in [2.24, 2.45) is 0 Å². The maximum Gasteiger partial charge on any atom is 0.209 e. The van der Waals surface area contributed by atoms with Crippen molar-refractivity contribution < 1.29 is 5.11 Å². The number of benzene rings is 2. The van der Waals surface area contributed by atoms with Crippen molar-refractivity contribution in [3.63, 3.8) is 0 Å². The molecule has 0 spiro atoms. The third-order valence-corrected chi connectivity index (χ3v) is 4.37. The van der Waals surface area contributed by atoms with Gasteiger partial charge in [-0.1, -0.05) is 66.2 Å². The molecule has 0 unspecified atom stereocenters. The van der Waals surface area contributed by atoms with Crippen molar-refractivity contribution >= 4 is 22.6 Å².